The van der Waals surface area contributed by atoms with Gasteiger partial charge in [0.2, 0.25) is 5.91 Å². The number of halogens is 1. The molecule has 4 nitrogen and oxygen atoms in total. The van der Waals surface area contributed by atoms with Gasteiger partial charge in [0.25, 0.3) is 0 Å². The van der Waals surface area contributed by atoms with Gasteiger partial charge in [-0.1, -0.05) is 48.5 Å². The normalized spacial score (nSPS) is 14.7. The molecule has 0 saturated carbocycles. The van der Waals surface area contributed by atoms with E-state index in [1.807, 2.05) is 18.2 Å². The maximum atomic E-state index is 13.7. The van der Waals surface area contributed by atoms with Crippen LogP contribution in [0.3, 0.4) is 0 Å². The van der Waals surface area contributed by atoms with Gasteiger partial charge in [0, 0.05) is 12.6 Å². The highest BCUT2D eigenvalue weighted by atomic mass is 19.1. The third-order valence-corrected chi connectivity index (χ3v) is 4.23. The van der Waals surface area contributed by atoms with Gasteiger partial charge >= 0.3 is 0 Å². The summed E-state index contributed by atoms with van der Waals surface area (Å²) in [7, 11) is 1.56. The van der Waals surface area contributed by atoms with Crippen LogP contribution in [0.1, 0.15) is 36.7 Å². The summed E-state index contributed by atoms with van der Waals surface area (Å²) in [6.45, 7) is 1.73. The summed E-state index contributed by atoms with van der Waals surface area (Å²) in [6, 6.07) is 14.4. The van der Waals surface area contributed by atoms with E-state index in [-0.39, 0.29) is 17.9 Å². The first-order chi connectivity index (χ1) is 11.4. The monoisotopic (exact) mass is 331 g/mol. The molecule has 0 aliphatic heterocycles. The van der Waals surface area contributed by atoms with Crippen LogP contribution in [0.15, 0.2) is 54.6 Å². The topological polar surface area (TPSA) is 60.8 Å². The Morgan fingerprint density at radius 1 is 1.08 bits per heavy atom. The van der Waals surface area contributed by atoms with Crippen LogP contribution >= 0.6 is 0 Å². The molecule has 0 fully saturated rings. The number of carbonyl (C=O) groups is 1. The molecule has 3 atom stereocenters. The SMILES string of the molecule is C[C@@H]([C@@H](O)c1ccccc1)N(C)C(=O)C[C@H](O)c1ccccc1F. The number of nitrogens with zero attached hydrogens (tertiary/aromatic N) is 1. The Labute approximate surface area is 141 Å². The molecule has 0 saturated heterocycles. The Hall–Kier alpha value is -2.24. The molecule has 1 amide bonds. The summed E-state index contributed by atoms with van der Waals surface area (Å²) >= 11 is 0. The molecule has 128 valence electrons. The smallest absolute Gasteiger partial charge is 0.225 e. The molecule has 0 aliphatic rings. The van der Waals surface area contributed by atoms with Crippen LogP contribution in [0, 0.1) is 5.82 Å². The fourth-order valence-electron chi connectivity index (χ4n) is 2.53. The molecule has 24 heavy (non-hydrogen) atoms. The lowest BCUT2D eigenvalue weighted by Gasteiger charge is -2.30. The predicted molar refractivity (Wildman–Crippen MR) is 89.6 cm³/mol. The molecule has 0 aromatic heterocycles. The number of aliphatic hydroxyl groups excluding tert-OH is 2. The van der Waals surface area contributed by atoms with Crippen LogP contribution in [0.25, 0.3) is 0 Å². The highest BCUT2D eigenvalue weighted by Crippen LogP contribution is 2.24. The van der Waals surface area contributed by atoms with Crippen molar-refractivity contribution in [1.29, 1.82) is 0 Å². The average molecular weight is 331 g/mol. The van der Waals surface area contributed by atoms with E-state index >= 15 is 0 Å². The molecule has 2 rings (SSSR count). The molecule has 0 unspecified atom stereocenters. The van der Waals surface area contributed by atoms with Crippen LogP contribution in [0.5, 0.6) is 0 Å². The van der Waals surface area contributed by atoms with E-state index in [1.54, 1.807) is 32.2 Å². The molecule has 2 aromatic carbocycles. The Kier molecular flexibility index (Phi) is 6.06. The van der Waals surface area contributed by atoms with Crippen molar-refractivity contribution >= 4 is 5.91 Å². The van der Waals surface area contributed by atoms with E-state index < -0.39 is 24.1 Å². The van der Waals surface area contributed by atoms with Crippen molar-refractivity contribution in [2.24, 2.45) is 0 Å². The van der Waals surface area contributed by atoms with Gasteiger partial charge in [-0.3, -0.25) is 4.79 Å². The molecule has 0 radical (unpaired) electrons. The van der Waals surface area contributed by atoms with Gasteiger partial charge in [-0.05, 0) is 18.6 Å². The quantitative estimate of drug-likeness (QED) is 0.856. The van der Waals surface area contributed by atoms with Gasteiger partial charge in [-0.25, -0.2) is 4.39 Å². The fraction of sp³-hybridized carbons (Fsp3) is 0.316. The van der Waals surface area contributed by atoms with Crippen molar-refractivity contribution in [2.75, 3.05) is 7.05 Å². The van der Waals surface area contributed by atoms with Gasteiger partial charge in [0.15, 0.2) is 0 Å². The zero-order valence-electron chi connectivity index (χ0n) is 13.8. The number of hydrogen-bond acceptors (Lipinski definition) is 3. The second kappa shape index (κ2) is 8.04. The Morgan fingerprint density at radius 2 is 1.67 bits per heavy atom. The van der Waals surface area contributed by atoms with Crippen molar-refractivity contribution in [3.05, 3.63) is 71.5 Å². The first kappa shape index (κ1) is 18.1. The zero-order valence-corrected chi connectivity index (χ0v) is 13.8. The maximum Gasteiger partial charge on any atom is 0.225 e. The molecule has 2 aromatic rings. The molecule has 0 heterocycles. The van der Waals surface area contributed by atoms with Crippen LogP contribution in [0.4, 0.5) is 4.39 Å². The van der Waals surface area contributed by atoms with E-state index in [0.29, 0.717) is 5.56 Å². The van der Waals surface area contributed by atoms with E-state index in [9.17, 15) is 19.4 Å². The number of amides is 1. The van der Waals surface area contributed by atoms with Crippen LogP contribution in [-0.4, -0.2) is 34.1 Å². The number of benzene rings is 2. The molecule has 0 spiro atoms. The zero-order chi connectivity index (χ0) is 17.7. The second-order valence-corrected chi connectivity index (χ2v) is 5.84. The summed E-state index contributed by atoms with van der Waals surface area (Å²) in [4.78, 5) is 13.7. The fourth-order valence-corrected chi connectivity index (χ4v) is 2.53. The first-order valence-corrected chi connectivity index (χ1v) is 7.83. The highest BCUT2D eigenvalue weighted by molar-refractivity contribution is 5.77. The highest BCUT2D eigenvalue weighted by Gasteiger charge is 2.26. The number of likely N-dealkylation sites (N-methyl/N-ethyl adjacent to an activating group) is 1. The van der Waals surface area contributed by atoms with Crippen LogP contribution in [-0.2, 0) is 4.79 Å². The molecular formula is C19H22FNO3. The van der Waals surface area contributed by atoms with Gasteiger partial charge in [-0.2, -0.15) is 0 Å². The van der Waals surface area contributed by atoms with E-state index in [4.69, 9.17) is 0 Å². The summed E-state index contributed by atoms with van der Waals surface area (Å²) in [5.41, 5.74) is 0.801. The molecule has 5 heteroatoms. The Morgan fingerprint density at radius 3 is 2.29 bits per heavy atom. The van der Waals surface area contributed by atoms with Crippen LogP contribution < -0.4 is 0 Å². The predicted octanol–water partition coefficient (Wildman–Crippen LogP) is 2.83. The number of hydrogen-bond donors (Lipinski definition) is 2. The number of carbonyl (C=O) groups excluding carboxylic acids is 1. The van der Waals surface area contributed by atoms with Gasteiger partial charge < -0.3 is 15.1 Å². The molecule has 0 bridgehead atoms. The second-order valence-electron chi connectivity index (χ2n) is 5.84. The minimum atomic E-state index is -1.22. The van der Waals surface area contributed by atoms with E-state index in [0.717, 1.165) is 0 Å². The lowest BCUT2D eigenvalue weighted by molar-refractivity contribution is -0.136. The lowest BCUT2D eigenvalue weighted by Crippen LogP contribution is -2.39. The van der Waals surface area contributed by atoms with E-state index in [2.05, 4.69) is 0 Å². The number of aliphatic hydroxyl groups is 2. The van der Waals surface area contributed by atoms with Crippen molar-refractivity contribution in [2.45, 2.75) is 31.6 Å². The van der Waals surface area contributed by atoms with Crippen molar-refractivity contribution in [3.8, 4) is 0 Å². The van der Waals surface area contributed by atoms with E-state index in [1.165, 1.54) is 23.1 Å². The number of rotatable bonds is 6. The summed E-state index contributed by atoms with van der Waals surface area (Å²) in [5.74, 6) is -0.911. The molecular weight excluding hydrogens is 309 g/mol. The third-order valence-electron chi connectivity index (χ3n) is 4.23. The summed E-state index contributed by atoms with van der Waals surface area (Å²) in [5, 5.41) is 20.5. The van der Waals surface area contributed by atoms with Gasteiger partial charge in [-0.15, -0.1) is 0 Å². The van der Waals surface area contributed by atoms with Crippen LogP contribution in [0.2, 0.25) is 0 Å². The standard InChI is InChI=1S/C19H22FNO3/c1-13(19(24)14-8-4-3-5-9-14)21(2)18(23)12-17(22)15-10-6-7-11-16(15)20/h3-11,13,17,19,22,24H,12H2,1-2H3/t13-,17-,19+/m0/s1. The van der Waals surface area contributed by atoms with Crippen molar-refractivity contribution < 1.29 is 19.4 Å². The molecule has 2 N–H and O–H groups in total. The first-order valence-electron chi connectivity index (χ1n) is 7.83. The Balaban J connectivity index is 2.02. The summed E-state index contributed by atoms with van der Waals surface area (Å²) in [6.07, 6.45) is -2.31. The maximum absolute atomic E-state index is 13.7. The third kappa shape index (κ3) is 4.19. The summed E-state index contributed by atoms with van der Waals surface area (Å²) < 4.78 is 13.7. The minimum absolute atomic E-state index is 0.0931. The lowest BCUT2D eigenvalue weighted by atomic mass is 10.0. The minimum Gasteiger partial charge on any atom is -0.388 e. The van der Waals surface area contributed by atoms with Crippen molar-refractivity contribution in [1.82, 2.24) is 4.90 Å². The van der Waals surface area contributed by atoms with Gasteiger partial charge in [0.05, 0.1) is 24.7 Å². The largest absolute Gasteiger partial charge is 0.388 e. The van der Waals surface area contributed by atoms with Crippen molar-refractivity contribution in [3.63, 3.8) is 0 Å². The Bertz CT molecular complexity index is 677. The molecule has 0 aliphatic carbocycles. The van der Waals surface area contributed by atoms with Gasteiger partial charge in [0.1, 0.15) is 5.82 Å². The average Bonchev–Trinajstić information content (AvgIpc) is 2.60.